The highest BCUT2D eigenvalue weighted by molar-refractivity contribution is 6.41. The maximum atomic E-state index is 13.2. The van der Waals surface area contributed by atoms with Gasteiger partial charge in [-0.05, 0) is 42.1 Å². The zero-order valence-electron chi connectivity index (χ0n) is 17.7. The second kappa shape index (κ2) is 10.8. The van der Waals surface area contributed by atoms with E-state index in [1.54, 1.807) is 0 Å². The van der Waals surface area contributed by atoms with Crippen molar-refractivity contribution in [2.24, 2.45) is 11.5 Å². The van der Waals surface area contributed by atoms with E-state index in [0.29, 0.717) is 26.1 Å². The molecular weight excluding hydrogens is 394 g/mol. The first-order valence-corrected chi connectivity index (χ1v) is 11.3. The number of unbranched alkanes of at least 4 members (excludes halogenated alkanes) is 2. The van der Waals surface area contributed by atoms with E-state index in [9.17, 15) is 4.79 Å². The molecule has 0 fully saturated rings. The maximum absolute atomic E-state index is 13.2. The van der Waals surface area contributed by atoms with E-state index in [1.165, 1.54) is 0 Å². The van der Waals surface area contributed by atoms with Gasteiger partial charge >= 0.3 is 0 Å². The Morgan fingerprint density at radius 1 is 0.967 bits per heavy atom. The summed E-state index contributed by atoms with van der Waals surface area (Å²) in [5.41, 5.74) is 13.0. The lowest BCUT2D eigenvalue weighted by molar-refractivity contribution is -0.133. The second-order valence-corrected chi connectivity index (χ2v) is 8.27. The van der Waals surface area contributed by atoms with Crippen LogP contribution in [0.5, 0.6) is 0 Å². The third-order valence-corrected chi connectivity index (χ3v) is 6.11. The first kappa shape index (κ1) is 22.5. The van der Waals surface area contributed by atoms with E-state index >= 15 is 0 Å². The number of rotatable bonds is 10. The molecule has 4 N–H and O–H groups in total. The summed E-state index contributed by atoms with van der Waals surface area (Å²) < 4.78 is 0. The fourth-order valence-corrected chi connectivity index (χ4v) is 4.34. The number of carbonyl (C=O) groups excluding carboxylic acids is 1. The average molecular weight is 426 g/mol. The lowest BCUT2D eigenvalue weighted by Gasteiger charge is -2.27. The smallest absolute Gasteiger partial charge is 0.239 e. The molecule has 0 aliphatic carbocycles. The number of carbonyl (C=O) groups is 1. The van der Waals surface area contributed by atoms with Gasteiger partial charge in [-0.15, -0.1) is 0 Å². The summed E-state index contributed by atoms with van der Waals surface area (Å²) in [5, 5.41) is 4.97. The first-order valence-electron chi connectivity index (χ1n) is 10.9. The fourth-order valence-electron chi connectivity index (χ4n) is 4.01. The van der Waals surface area contributed by atoms with Crippen molar-refractivity contribution in [3.8, 4) is 0 Å². The molecule has 4 nitrogen and oxygen atoms in total. The Hall–Kier alpha value is -2.14. The molecule has 0 radical (unpaired) electrons. The van der Waals surface area contributed by atoms with E-state index < -0.39 is 6.04 Å². The van der Waals surface area contributed by atoms with Crippen molar-refractivity contribution >= 4 is 39.1 Å². The molecule has 1 amide bonds. The maximum Gasteiger partial charge on any atom is 0.239 e. The quantitative estimate of drug-likeness (QED) is 0.345. The molecule has 3 rings (SSSR count). The van der Waals surface area contributed by atoms with Crippen molar-refractivity contribution < 1.29 is 4.79 Å². The normalized spacial score (nSPS) is 12.4. The van der Waals surface area contributed by atoms with Crippen LogP contribution < -0.4 is 11.5 Å². The van der Waals surface area contributed by atoms with Crippen molar-refractivity contribution in [1.29, 1.82) is 0 Å². The van der Waals surface area contributed by atoms with E-state index in [1.807, 2.05) is 41.3 Å². The Labute approximate surface area is 184 Å². The fraction of sp³-hybridized carbons (Fsp3) is 0.400. The number of hydrogen-bond donors (Lipinski definition) is 2. The van der Waals surface area contributed by atoms with E-state index in [4.69, 9.17) is 23.1 Å². The van der Waals surface area contributed by atoms with Crippen molar-refractivity contribution in [3.63, 3.8) is 0 Å². The molecule has 30 heavy (non-hydrogen) atoms. The van der Waals surface area contributed by atoms with Crippen LogP contribution in [-0.2, 0) is 11.3 Å². The number of amides is 1. The summed E-state index contributed by atoms with van der Waals surface area (Å²) in [6, 6.07) is 15.8. The summed E-state index contributed by atoms with van der Waals surface area (Å²) in [4.78, 5) is 15.2. The van der Waals surface area contributed by atoms with Crippen molar-refractivity contribution in [2.75, 3.05) is 13.1 Å². The van der Waals surface area contributed by atoms with Crippen molar-refractivity contribution in [1.82, 2.24) is 4.90 Å². The van der Waals surface area contributed by atoms with Gasteiger partial charge in [0, 0.05) is 23.9 Å². The minimum atomic E-state index is -0.488. The van der Waals surface area contributed by atoms with Crippen LogP contribution in [0.25, 0.3) is 21.5 Å². The summed E-state index contributed by atoms with van der Waals surface area (Å²) in [6.07, 6.45) is 4.40. The topological polar surface area (TPSA) is 72.3 Å². The number of nitrogens with zero attached hydrogens (tertiary/aromatic N) is 1. The molecule has 1 atom stereocenters. The molecule has 0 saturated carbocycles. The van der Waals surface area contributed by atoms with Gasteiger partial charge in [-0.2, -0.15) is 0 Å². The third-order valence-electron chi connectivity index (χ3n) is 5.71. The third kappa shape index (κ3) is 4.94. The molecule has 0 spiro atoms. The summed E-state index contributed by atoms with van der Waals surface area (Å²) in [7, 11) is 0. The van der Waals surface area contributed by atoms with E-state index in [2.05, 4.69) is 19.1 Å². The minimum Gasteiger partial charge on any atom is -0.337 e. The van der Waals surface area contributed by atoms with Crippen LogP contribution in [-0.4, -0.2) is 29.9 Å². The van der Waals surface area contributed by atoms with Crippen LogP contribution in [0.2, 0.25) is 5.02 Å². The highest BCUT2D eigenvalue weighted by atomic mass is 35.5. The van der Waals surface area contributed by atoms with Gasteiger partial charge in [-0.1, -0.05) is 79.9 Å². The molecule has 0 heterocycles. The molecule has 0 unspecified atom stereocenters. The van der Waals surface area contributed by atoms with Crippen molar-refractivity contribution in [2.45, 2.75) is 51.6 Å². The van der Waals surface area contributed by atoms with Gasteiger partial charge in [-0.25, -0.2) is 0 Å². The Bertz CT molecular complexity index is 947. The lowest BCUT2D eigenvalue weighted by atomic mass is 9.96. The van der Waals surface area contributed by atoms with E-state index in [0.717, 1.165) is 57.8 Å². The van der Waals surface area contributed by atoms with Gasteiger partial charge in [0.05, 0.1) is 11.1 Å². The lowest BCUT2D eigenvalue weighted by Crippen LogP contribution is -2.44. The Kier molecular flexibility index (Phi) is 8.08. The van der Waals surface area contributed by atoms with Crippen LogP contribution >= 0.6 is 11.6 Å². The van der Waals surface area contributed by atoms with Crippen LogP contribution in [0.1, 0.15) is 44.6 Å². The predicted octanol–water partition coefficient (Wildman–Crippen LogP) is 5.23. The highest BCUT2D eigenvalue weighted by Crippen LogP contribution is 2.36. The Morgan fingerprint density at radius 2 is 1.53 bits per heavy atom. The SMILES string of the molecule is CCCCN(Cc1c2ccccc2c(Cl)c2ccccc12)C(=O)[C@@H](N)CCCCN. The zero-order valence-corrected chi connectivity index (χ0v) is 18.5. The molecule has 0 saturated heterocycles. The minimum absolute atomic E-state index is 0.0172. The van der Waals surface area contributed by atoms with Crippen LogP contribution in [0.15, 0.2) is 48.5 Å². The molecule has 0 aromatic heterocycles. The van der Waals surface area contributed by atoms with Gasteiger partial charge < -0.3 is 16.4 Å². The molecule has 0 aliphatic heterocycles. The summed E-state index contributed by atoms with van der Waals surface area (Å²) >= 11 is 6.74. The molecule has 3 aromatic carbocycles. The zero-order chi connectivity index (χ0) is 21.5. The standard InChI is InChI=1S/C25H32ClN3O/c1-2-3-16-29(25(30)23(28)14-8-9-15-27)17-22-18-10-4-6-12-20(18)24(26)21-13-7-5-11-19(21)22/h4-7,10-13,23H,2-3,8-9,14-17,27-28H2,1H3/t23-/m0/s1. The monoisotopic (exact) mass is 425 g/mol. The second-order valence-electron chi connectivity index (χ2n) is 7.89. The number of halogens is 1. The van der Waals surface area contributed by atoms with Gasteiger partial charge in [0.1, 0.15) is 0 Å². The molecule has 5 heteroatoms. The summed E-state index contributed by atoms with van der Waals surface area (Å²) in [6.45, 7) is 3.99. The predicted molar refractivity (Wildman–Crippen MR) is 128 cm³/mol. The molecule has 160 valence electrons. The van der Waals surface area contributed by atoms with Crippen LogP contribution in [0.4, 0.5) is 0 Å². The van der Waals surface area contributed by atoms with Gasteiger partial charge in [0.2, 0.25) is 5.91 Å². The van der Waals surface area contributed by atoms with Crippen LogP contribution in [0.3, 0.4) is 0 Å². The number of hydrogen-bond acceptors (Lipinski definition) is 3. The largest absolute Gasteiger partial charge is 0.337 e. The van der Waals surface area contributed by atoms with Gasteiger partial charge in [-0.3, -0.25) is 4.79 Å². The highest BCUT2D eigenvalue weighted by Gasteiger charge is 2.23. The first-order chi connectivity index (χ1) is 14.6. The van der Waals surface area contributed by atoms with Gasteiger partial charge in [0.15, 0.2) is 0 Å². The molecule has 0 aliphatic rings. The molecule has 0 bridgehead atoms. The Morgan fingerprint density at radius 3 is 2.07 bits per heavy atom. The molecular formula is C25H32ClN3O. The van der Waals surface area contributed by atoms with Crippen LogP contribution in [0, 0.1) is 0 Å². The number of benzene rings is 3. The average Bonchev–Trinajstić information content (AvgIpc) is 2.78. The van der Waals surface area contributed by atoms with Crippen molar-refractivity contribution in [3.05, 3.63) is 59.1 Å². The number of fused-ring (bicyclic) bond motifs is 2. The number of nitrogens with two attached hydrogens (primary N) is 2. The Balaban J connectivity index is 2.01. The summed E-state index contributed by atoms with van der Waals surface area (Å²) in [5.74, 6) is 0.0172. The van der Waals surface area contributed by atoms with E-state index in [-0.39, 0.29) is 5.91 Å². The van der Waals surface area contributed by atoms with Gasteiger partial charge in [0.25, 0.3) is 0 Å². The molecule has 3 aromatic rings.